The molecule has 0 bridgehead atoms. The monoisotopic (exact) mass is 285 g/mol. The minimum atomic E-state index is 0.109. The van der Waals surface area contributed by atoms with Crippen molar-refractivity contribution in [2.75, 3.05) is 7.05 Å². The van der Waals surface area contributed by atoms with Crippen molar-refractivity contribution in [3.05, 3.63) is 65.2 Å². The van der Waals surface area contributed by atoms with E-state index in [1.54, 1.807) is 18.2 Å². The highest BCUT2D eigenvalue weighted by atomic mass is 16.4. The Morgan fingerprint density at radius 3 is 2.43 bits per heavy atom. The molecular formula is C16H19N3O2. The Labute approximate surface area is 123 Å². The lowest BCUT2D eigenvalue weighted by atomic mass is 10.1. The number of hydrogen-bond donors (Lipinski definition) is 3. The third kappa shape index (κ3) is 4.22. The van der Waals surface area contributed by atoms with Gasteiger partial charge in [-0.15, -0.1) is 0 Å². The van der Waals surface area contributed by atoms with E-state index < -0.39 is 0 Å². The summed E-state index contributed by atoms with van der Waals surface area (Å²) in [5, 5.41) is 21.0. The van der Waals surface area contributed by atoms with Crippen LogP contribution in [0.5, 0.6) is 5.75 Å². The molecule has 0 atom stereocenters. The molecule has 2 aromatic carbocycles. The van der Waals surface area contributed by atoms with E-state index in [1.807, 2.05) is 37.4 Å². The molecule has 5 nitrogen and oxygen atoms in total. The second-order valence-corrected chi connectivity index (χ2v) is 5.02. The molecule has 2 rings (SSSR count). The number of nitrogens with zero attached hydrogens (tertiary/aromatic N) is 2. The quantitative estimate of drug-likeness (QED) is 0.340. The molecule has 0 aromatic heterocycles. The van der Waals surface area contributed by atoms with Crippen LogP contribution in [0.2, 0.25) is 0 Å². The van der Waals surface area contributed by atoms with Crippen molar-refractivity contribution < 1.29 is 10.3 Å². The average molecular weight is 285 g/mol. The van der Waals surface area contributed by atoms with Crippen LogP contribution in [-0.4, -0.2) is 28.1 Å². The lowest BCUT2D eigenvalue weighted by molar-refractivity contribution is 0.318. The number of aromatic hydroxyl groups is 1. The van der Waals surface area contributed by atoms with Crippen LogP contribution in [0.4, 0.5) is 0 Å². The van der Waals surface area contributed by atoms with Crippen molar-refractivity contribution >= 4 is 5.84 Å². The summed E-state index contributed by atoms with van der Waals surface area (Å²) in [5.74, 6) is 0.380. The maximum Gasteiger partial charge on any atom is 0.170 e. The van der Waals surface area contributed by atoms with Gasteiger partial charge in [-0.2, -0.15) is 0 Å². The summed E-state index contributed by atoms with van der Waals surface area (Å²) in [4.78, 5) is 2.15. The molecule has 0 aliphatic rings. The first-order chi connectivity index (χ1) is 10.1. The van der Waals surface area contributed by atoms with Crippen molar-refractivity contribution in [2.45, 2.75) is 13.1 Å². The molecule has 0 aliphatic carbocycles. The second kappa shape index (κ2) is 6.76. The smallest absolute Gasteiger partial charge is 0.170 e. The zero-order valence-corrected chi connectivity index (χ0v) is 11.9. The Morgan fingerprint density at radius 1 is 1.10 bits per heavy atom. The van der Waals surface area contributed by atoms with Crippen LogP contribution in [0.15, 0.2) is 53.7 Å². The summed E-state index contributed by atoms with van der Waals surface area (Å²) < 4.78 is 0. The van der Waals surface area contributed by atoms with Gasteiger partial charge >= 0.3 is 0 Å². The molecule has 0 heterocycles. The molecule has 2 aromatic rings. The van der Waals surface area contributed by atoms with Gasteiger partial charge in [0.05, 0.1) is 0 Å². The van der Waals surface area contributed by atoms with Crippen LogP contribution in [0.25, 0.3) is 0 Å². The molecule has 0 unspecified atom stereocenters. The van der Waals surface area contributed by atoms with Crippen LogP contribution in [0.3, 0.4) is 0 Å². The van der Waals surface area contributed by atoms with Crippen LogP contribution in [-0.2, 0) is 13.1 Å². The third-order valence-electron chi connectivity index (χ3n) is 3.17. The maximum atomic E-state index is 9.27. The summed E-state index contributed by atoms with van der Waals surface area (Å²) in [6.45, 7) is 1.52. The highest BCUT2D eigenvalue weighted by Gasteiger charge is 2.05. The van der Waals surface area contributed by atoms with Gasteiger partial charge in [0.2, 0.25) is 0 Å². The number of rotatable bonds is 5. The highest BCUT2D eigenvalue weighted by molar-refractivity contribution is 5.97. The van der Waals surface area contributed by atoms with Crippen molar-refractivity contribution in [2.24, 2.45) is 10.9 Å². The van der Waals surface area contributed by atoms with Crippen molar-refractivity contribution in [3.8, 4) is 5.75 Å². The average Bonchev–Trinajstić information content (AvgIpc) is 2.49. The Balaban J connectivity index is 2.02. The summed E-state index contributed by atoms with van der Waals surface area (Å²) in [7, 11) is 2.02. The number of phenolic OH excluding ortho intramolecular Hbond substituents is 1. The first-order valence-electron chi connectivity index (χ1n) is 6.62. The predicted molar refractivity (Wildman–Crippen MR) is 82.2 cm³/mol. The fraction of sp³-hybridized carbons (Fsp3) is 0.188. The van der Waals surface area contributed by atoms with E-state index in [0.29, 0.717) is 5.56 Å². The summed E-state index contributed by atoms with van der Waals surface area (Å²) in [5.41, 5.74) is 8.51. The number of hydrogen-bond acceptors (Lipinski definition) is 4. The first kappa shape index (κ1) is 14.9. The number of benzene rings is 2. The minimum Gasteiger partial charge on any atom is -0.508 e. The molecule has 0 aliphatic heterocycles. The largest absolute Gasteiger partial charge is 0.508 e. The lowest BCUT2D eigenvalue weighted by Crippen LogP contribution is -2.18. The molecule has 0 amide bonds. The molecule has 0 radical (unpaired) electrons. The molecule has 0 fully saturated rings. The number of oxime groups is 1. The van der Waals surface area contributed by atoms with Crippen LogP contribution < -0.4 is 5.73 Å². The van der Waals surface area contributed by atoms with Crippen molar-refractivity contribution in [1.82, 2.24) is 4.90 Å². The minimum absolute atomic E-state index is 0.109. The molecule has 110 valence electrons. The first-order valence-corrected chi connectivity index (χ1v) is 6.62. The Hall–Kier alpha value is -2.53. The van der Waals surface area contributed by atoms with Crippen molar-refractivity contribution in [1.29, 1.82) is 0 Å². The molecule has 5 heteroatoms. The van der Waals surface area contributed by atoms with Gasteiger partial charge in [0.1, 0.15) is 5.75 Å². The molecule has 0 saturated carbocycles. The highest BCUT2D eigenvalue weighted by Crippen LogP contribution is 2.13. The molecule has 0 spiro atoms. The molecule has 0 saturated heterocycles. The molecule has 21 heavy (non-hydrogen) atoms. The Kier molecular flexibility index (Phi) is 4.79. The number of phenols is 1. The SMILES string of the molecule is CN(Cc1ccc(O)cc1)Cc1cccc(/C(N)=N/O)c1. The van der Waals surface area contributed by atoms with Gasteiger partial charge in [-0.1, -0.05) is 35.5 Å². The maximum absolute atomic E-state index is 9.27. The van der Waals surface area contributed by atoms with Gasteiger partial charge in [0, 0.05) is 18.7 Å². The van der Waals surface area contributed by atoms with E-state index in [1.165, 1.54) is 0 Å². The van der Waals surface area contributed by atoms with Crippen LogP contribution in [0, 0.1) is 0 Å². The van der Waals surface area contributed by atoms with E-state index in [0.717, 1.165) is 24.2 Å². The van der Waals surface area contributed by atoms with Gasteiger partial charge < -0.3 is 16.0 Å². The zero-order chi connectivity index (χ0) is 15.2. The van der Waals surface area contributed by atoms with E-state index in [-0.39, 0.29) is 11.6 Å². The van der Waals surface area contributed by atoms with E-state index >= 15 is 0 Å². The molecular weight excluding hydrogens is 266 g/mol. The summed E-state index contributed by atoms with van der Waals surface area (Å²) in [6, 6.07) is 14.8. The normalized spacial score (nSPS) is 11.8. The van der Waals surface area contributed by atoms with Crippen molar-refractivity contribution in [3.63, 3.8) is 0 Å². The standard InChI is InChI=1S/C16H19N3O2/c1-19(10-12-5-7-15(20)8-6-12)11-13-3-2-4-14(9-13)16(17)18-21/h2-9,20-21H,10-11H2,1H3,(H2,17,18). The Bertz CT molecular complexity index is 624. The van der Waals surface area contributed by atoms with Crippen LogP contribution >= 0.6 is 0 Å². The van der Waals surface area contributed by atoms with E-state index in [9.17, 15) is 5.11 Å². The topological polar surface area (TPSA) is 82.1 Å². The zero-order valence-electron chi connectivity index (χ0n) is 11.9. The van der Waals surface area contributed by atoms with Gasteiger partial charge in [-0.25, -0.2) is 0 Å². The molecule has 4 N–H and O–H groups in total. The number of nitrogens with two attached hydrogens (primary N) is 1. The van der Waals surface area contributed by atoms with Gasteiger partial charge in [-0.3, -0.25) is 4.90 Å². The third-order valence-corrected chi connectivity index (χ3v) is 3.17. The Morgan fingerprint density at radius 2 is 1.76 bits per heavy atom. The summed E-state index contributed by atoms with van der Waals surface area (Å²) in [6.07, 6.45) is 0. The van der Waals surface area contributed by atoms with E-state index in [4.69, 9.17) is 10.9 Å². The number of amidine groups is 1. The van der Waals surface area contributed by atoms with Gasteiger partial charge in [0.15, 0.2) is 5.84 Å². The lowest BCUT2D eigenvalue weighted by Gasteiger charge is -2.17. The summed E-state index contributed by atoms with van der Waals surface area (Å²) >= 11 is 0. The second-order valence-electron chi connectivity index (χ2n) is 5.02. The fourth-order valence-electron chi connectivity index (χ4n) is 2.17. The van der Waals surface area contributed by atoms with Crippen LogP contribution in [0.1, 0.15) is 16.7 Å². The van der Waals surface area contributed by atoms with Gasteiger partial charge in [-0.05, 0) is 36.4 Å². The van der Waals surface area contributed by atoms with E-state index in [2.05, 4.69) is 10.1 Å². The van der Waals surface area contributed by atoms with Gasteiger partial charge in [0.25, 0.3) is 0 Å². The predicted octanol–water partition coefficient (Wildman–Crippen LogP) is 2.12. The fourth-order valence-corrected chi connectivity index (χ4v) is 2.17.